The van der Waals surface area contributed by atoms with Crippen molar-refractivity contribution in [2.75, 3.05) is 0 Å². The molecule has 3 aromatic rings. The number of amides is 1. The lowest BCUT2D eigenvalue weighted by molar-refractivity contribution is -0.121. The molecule has 0 aliphatic carbocycles. The lowest BCUT2D eigenvalue weighted by Crippen LogP contribution is -2.23. The first-order valence-electron chi connectivity index (χ1n) is 6.90. The molecule has 3 rings (SSSR count). The molecule has 0 unspecified atom stereocenters. The molecule has 0 spiro atoms. The minimum atomic E-state index is 0.0263. The van der Waals surface area contributed by atoms with E-state index in [0.29, 0.717) is 19.5 Å². The number of hydrogen-bond acceptors (Lipinski definition) is 3. The summed E-state index contributed by atoms with van der Waals surface area (Å²) < 4.78 is 3.77. The van der Waals surface area contributed by atoms with Crippen molar-refractivity contribution in [2.24, 2.45) is 0 Å². The minimum absolute atomic E-state index is 0.0263. The Morgan fingerprint density at radius 3 is 3.05 bits per heavy atom. The maximum Gasteiger partial charge on any atom is 0.222 e. The summed E-state index contributed by atoms with van der Waals surface area (Å²) in [5, 5.41) is 7.18. The van der Waals surface area contributed by atoms with Crippen molar-refractivity contribution >= 4 is 11.4 Å². The maximum absolute atomic E-state index is 11.9. The number of pyridine rings is 1. The van der Waals surface area contributed by atoms with Gasteiger partial charge in [-0.15, -0.1) is 0 Å². The van der Waals surface area contributed by atoms with Crippen LogP contribution in [0.25, 0.3) is 5.52 Å². The summed E-state index contributed by atoms with van der Waals surface area (Å²) in [6.45, 7) is 3.07. The summed E-state index contributed by atoms with van der Waals surface area (Å²) in [5.41, 5.74) is 2.03. The highest BCUT2D eigenvalue weighted by molar-refractivity contribution is 5.76. The summed E-state index contributed by atoms with van der Waals surface area (Å²) >= 11 is 0. The minimum Gasteiger partial charge on any atom is -0.352 e. The van der Waals surface area contributed by atoms with Crippen LogP contribution in [-0.2, 0) is 17.9 Å². The highest BCUT2D eigenvalue weighted by Gasteiger charge is 2.06. The van der Waals surface area contributed by atoms with Crippen molar-refractivity contribution in [1.29, 1.82) is 0 Å². The fraction of sp³-hybridized carbons (Fsp3) is 0.267. The van der Waals surface area contributed by atoms with E-state index in [0.717, 1.165) is 16.9 Å². The SMILES string of the molecule is Cc1nccn1CCC(=O)NCc1cnn2ccccc12. The van der Waals surface area contributed by atoms with Crippen molar-refractivity contribution in [2.45, 2.75) is 26.4 Å². The third-order valence-electron chi connectivity index (χ3n) is 3.49. The van der Waals surface area contributed by atoms with Crippen LogP contribution in [0, 0.1) is 6.92 Å². The molecule has 1 N–H and O–H groups in total. The third kappa shape index (κ3) is 2.94. The second-order valence-electron chi connectivity index (χ2n) is 4.89. The molecule has 0 bridgehead atoms. The summed E-state index contributed by atoms with van der Waals surface area (Å²) in [6.07, 6.45) is 7.74. The van der Waals surface area contributed by atoms with E-state index in [1.54, 1.807) is 16.9 Å². The van der Waals surface area contributed by atoms with Crippen molar-refractivity contribution < 1.29 is 4.79 Å². The number of fused-ring (bicyclic) bond motifs is 1. The third-order valence-corrected chi connectivity index (χ3v) is 3.49. The van der Waals surface area contributed by atoms with Gasteiger partial charge >= 0.3 is 0 Å². The number of rotatable bonds is 5. The zero-order chi connectivity index (χ0) is 14.7. The van der Waals surface area contributed by atoms with E-state index >= 15 is 0 Å². The molecule has 1 amide bonds. The van der Waals surface area contributed by atoms with Gasteiger partial charge in [-0.05, 0) is 19.1 Å². The van der Waals surface area contributed by atoms with Gasteiger partial charge in [0, 0.05) is 43.7 Å². The average molecular weight is 283 g/mol. The molecular weight excluding hydrogens is 266 g/mol. The Kier molecular flexibility index (Phi) is 3.68. The fourth-order valence-corrected chi connectivity index (χ4v) is 2.27. The molecule has 108 valence electrons. The Hall–Kier alpha value is -2.63. The van der Waals surface area contributed by atoms with Crippen molar-refractivity contribution in [3.8, 4) is 0 Å². The van der Waals surface area contributed by atoms with E-state index in [2.05, 4.69) is 15.4 Å². The molecule has 3 heterocycles. The van der Waals surface area contributed by atoms with Gasteiger partial charge in [0.25, 0.3) is 0 Å². The molecule has 6 nitrogen and oxygen atoms in total. The Bertz CT molecular complexity index is 758. The second kappa shape index (κ2) is 5.78. The van der Waals surface area contributed by atoms with Gasteiger partial charge in [0.15, 0.2) is 0 Å². The highest BCUT2D eigenvalue weighted by atomic mass is 16.1. The van der Waals surface area contributed by atoms with Gasteiger partial charge in [-0.25, -0.2) is 9.50 Å². The Balaban J connectivity index is 1.55. The van der Waals surface area contributed by atoms with Crippen LogP contribution in [0.4, 0.5) is 0 Å². The molecule has 0 saturated carbocycles. The Morgan fingerprint density at radius 1 is 1.33 bits per heavy atom. The van der Waals surface area contributed by atoms with E-state index in [4.69, 9.17) is 0 Å². The van der Waals surface area contributed by atoms with E-state index in [1.807, 2.05) is 42.1 Å². The van der Waals surface area contributed by atoms with Crippen LogP contribution >= 0.6 is 0 Å². The van der Waals surface area contributed by atoms with E-state index in [9.17, 15) is 4.79 Å². The van der Waals surface area contributed by atoms with Crippen LogP contribution < -0.4 is 5.32 Å². The van der Waals surface area contributed by atoms with Crippen molar-refractivity contribution in [1.82, 2.24) is 24.5 Å². The summed E-state index contributed by atoms with van der Waals surface area (Å²) in [7, 11) is 0. The van der Waals surface area contributed by atoms with E-state index < -0.39 is 0 Å². The van der Waals surface area contributed by atoms with Crippen LogP contribution in [0.5, 0.6) is 0 Å². The number of carbonyl (C=O) groups excluding carboxylic acids is 1. The molecule has 0 radical (unpaired) electrons. The summed E-state index contributed by atoms with van der Waals surface area (Å²) in [6, 6.07) is 5.88. The molecule has 21 heavy (non-hydrogen) atoms. The molecular formula is C15H17N5O. The quantitative estimate of drug-likeness (QED) is 0.772. The molecule has 0 aliphatic heterocycles. The highest BCUT2D eigenvalue weighted by Crippen LogP contribution is 2.09. The van der Waals surface area contributed by atoms with E-state index in [1.165, 1.54) is 0 Å². The lowest BCUT2D eigenvalue weighted by Gasteiger charge is -2.06. The van der Waals surface area contributed by atoms with Crippen LogP contribution in [0.15, 0.2) is 43.0 Å². The van der Waals surface area contributed by atoms with E-state index in [-0.39, 0.29) is 5.91 Å². The molecule has 0 fully saturated rings. The first kappa shape index (κ1) is 13.4. The topological polar surface area (TPSA) is 64.2 Å². The number of hydrogen-bond donors (Lipinski definition) is 1. The molecule has 0 saturated heterocycles. The summed E-state index contributed by atoms with van der Waals surface area (Å²) in [5.74, 6) is 0.948. The van der Waals surface area contributed by atoms with Gasteiger partial charge in [-0.1, -0.05) is 6.07 Å². The number of imidazole rings is 1. The first-order valence-corrected chi connectivity index (χ1v) is 6.90. The van der Waals surface area contributed by atoms with Gasteiger partial charge in [0.2, 0.25) is 5.91 Å². The molecule has 0 aromatic carbocycles. The average Bonchev–Trinajstić information content (AvgIpc) is 3.09. The Labute approximate surface area is 122 Å². The number of nitrogens with one attached hydrogen (secondary N) is 1. The predicted molar refractivity (Wildman–Crippen MR) is 78.6 cm³/mol. The van der Waals surface area contributed by atoms with Gasteiger partial charge in [-0.2, -0.15) is 5.10 Å². The van der Waals surface area contributed by atoms with Gasteiger partial charge < -0.3 is 9.88 Å². The van der Waals surface area contributed by atoms with Gasteiger partial charge in [0.05, 0.1) is 11.7 Å². The van der Waals surface area contributed by atoms with Crippen LogP contribution in [0.2, 0.25) is 0 Å². The Morgan fingerprint density at radius 2 is 2.24 bits per heavy atom. The zero-order valence-corrected chi connectivity index (χ0v) is 11.9. The predicted octanol–water partition coefficient (Wildman–Crippen LogP) is 1.55. The largest absolute Gasteiger partial charge is 0.352 e. The van der Waals surface area contributed by atoms with Crippen LogP contribution in [0.1, 0.15) is 17.8 Å². The monoisotopic (exact) mass is 283 g/mol. The first-order chi connectivity index (χ1) is 10.2. The molecule has 6 heteroatoms. The second-order valence-corrected chi connectivity index (χ2v) is 4.89. The normalized spacial score (nSPS) is 10.9. The lowest BCUT2D eigenvalue weighted by atomic mass is 10.2. The van der Waals surface area contributed by atoms with Crippen LogP contribution in [-0.4, -0.2) is 25.1 Å². The molecule has 0 aliphatic rings. The number of carbonyl (C=O) groups is 1. The standard InChI is InChI=1S/C15H17N5O/c1-12-16-6-9-19(12)8-5-15(21)17-10-13-11-18-20-7-3-2-4-14(13)20/h2-4,6-7,9,11H,5,8,10H2,1H3,(H,17,21). The number of aromatic nitrogens is 4. The molecule has 3 aromatic heterocycles. The number of nitrogens with zero attached hydrogens (tertiary/aromatic N) is 4. The number of aryl methyl sites for hydroxylation is 2. The van der Waals surface area contributed by atoms with Crippen molar-refractivity contribution in [3.05, 3.63) is 54.4 Å². The van der Waals surface area contributed by atoms with Crippen molar-refractivity contribution in [3.63, 3.8) is 0 Å². The fourth-order valence-electron chi connectivity index (χ4n) is 2.27. The smallest absolute Gasteiger partial charge is 0.222 e. The molecule has 0 atom stereocenters. The zero-order valence-electron chi connectivity index (χ0n) is 11.9. The summed E-state index contributed by atoms with van der Waals surface area (Å²) in [4.78, 5) is 16.0. The van der Waals surface area contributed by atoms with Crippen LogP contribution in [0.3, 0.4) is 0 Å². The maximum atomic E-state index is 11.9. The van der Waals surface area contributed by atoms with Gasteiger partial charge in [-0.3, -0.25) is 4.79 Å². The van der Waals surface area contributed by atoms with Gasteiger partial charge in [0.1, 0.15) is 5.82 Å².